The van der Waals surface area contributed by atoms with Gasteiger partial charge in [0.15, 0.2) is 5.69 Å². The Labute approximate surface area is 142 Å². The molecule has 1 aromatic heterocycles. The zero-order valence-corrected chi connectivity index (χ0v) is 13.5. The number of nitrogens with zero attached hydrogens (tertiary/aromatic N) is 4. The molecular formula is C16H16N4O5. The minimum atomic E-state index is -0.962. The smallest absolute Gasteiger partial charge is 0.311 e. The van der Waals surface area contributed by atoms with Crippen molar-refractivity contribution in [3.05, 3.63) is 52.3 Å². The molecule has 3 rings (SSSR count). The number of para-hydroxylation sites is 2. The molecule has 1 aromatic carbocycles. The molecule has 1 aliphatic rings. The number of rotatable bonds is 4. The summed E-state index contributed by atoms with van der Waals surface area (Å²) in [6.07, 6.45) is 1.85. The number of aliphatic carboxylic acids is 1. The molecule has 130 valence electrons. The van der Waals surface area contributed by atoms with Gasteiger partial charge in [0.2, 0.25) is 0 Å². The highest BCUT2D eigenvalue weighted by Gasteiger charge is 2.42. The monoisotopic (exact) mass is 344 g/mol. The highest BCUT2D eigenvalue weighted by molar-refractivity contribution is 5.93. The number of nitro groups is 1. The second-order valence-electron chi connectivity index (χ2n) is 6.23. The topological polar surface area (TPSA) is 119 Å². The summed E-state index contributed by atoms with van der Waals surface area (Å²) in [7, 11) is 0. The second kappa shape index (κ2) is 6.00. The zero-order valence-electron chi connectivity index (χ0n) is 13.5. The van der Waals surface area contributed by atoms with Gasteiger partial charge in [0, 0.05) is 25.4 Å². The molecule has 1 unspecified atom stereocenters. The van der Waals surface area contributed by atoms with Gasteiger partial charge in [-0.05, 0) is 25.5 Å². The van der Waals surface area contributed by atoms with E-state index in [0.29, 0.717) is 13.0 Å². The van der Waals surface area contributed by atoms with Crippen LogP contribution in [0, 0.1) is 15.5 Å². The minimum absolute atomic E-state index is 0.111. The number of hydrogen-bond acceptors (Lipinski definition) is 5. The number of carbonyl (C=O) groups excluding carboxylic acids is 1. The fourth-order valence-corrected chi connectivity index (χ4v) is 2.86. The number of benzene rings is 1. The lowest BCUT2D eigenvalue weighted by molar-refractivity contribution is -0.384. The molecule has 9 nitrogen and oxygen atoms in total. The van der Waals surface area contributed by atoms with Crippen LogP contribution in [0.1, 0.15) is 23.8 Å². The van der Waals surface area contributed by atoms with Crippen LogP contribution in [0.3, 0.4) is 0 Å². The molecule has 2 aromatic rings. The van der Waals surface area contributed by atoms with Crippen LogP contribution in [0.4, 0.5) is 5.69 Å². The third-order valence-electron chi connectivity index (χ3n) is 4.41. The number of likely N-dealkylation sites (tertiary alicyclic amines) is 1. The molecule has 1 aliphatic heterocycles. The predicted molar refractivity (Wildman–Crippen MR) is 86.5 cm³/mol. The van der Waals surface area contributed by atoms with Gasteiger partial charge in [-0.3, -0.25) is 19.7 Å². The van der Waals surface area contributed by atoms with Crippen LogP contribution in [-0.4, -0.2) is 49.7 Å². The summed E-state index contributed by atoms with van der Waals surface area (Å²) in [4.78, 5) is 35.9. The lowest BCUT2D eigenvalue weighted by Crippen LogP contribution is -2.35. The Balaban J connectivity index is 1.84. The molecule has 9 heteroatoms. The number of hydrogen-bond donors (Lipinski definition) is 1. The third kappa shape index (κ3) is 2.95. The van der Waals surface area contributed by atoms with Crippen LogP contribution < -0.4 is 0 Å². The third-order valence-corrected chi connectivity index (χ3v) is 4.41. The number of carbonyl (C=O) groups is 2. The number of carboxylic acid groups (broad SMARTS) is 1. The van der Waals surface area contributed by atoms with Gasteiger partial charge in [-0.2, -0.15) is 5.10 Å². The summed E-state index contributed by atoms with van der Waals surface area (Å²) in [5.74, 6) is -1.32. The molecule has 1 fully saturated rings. The van der Waals surface area contributed by atoms with Crippen molar-refractivity contribution in [3.63, 3.8) is 0 Å². The maximum absolute atomic E-state index is 12.5. The molecular weight excluding hydrogens is 328 g/mol. The molecule has 0 spiro atoms. The van der Waals surface area contributed by atoms with Crippen LogP contribution in [-0.2, 0) is 4.79 Å². The van der Waals surface area contributed by atoms with Crippen LogP contribution in [0.25, 0.3) is 5.69 Å². The summed E-state index contributed by atoms with van der Waals surface area (Å²) in [6, 6.07) is 7.56. The summed E-state index contributed by atoms with van der Waals surface area (Å²) < 4.78 is 1.28. The SMILES string of the molecule is CC1(C(=O)O)CCN(C(=O)c2ccn(-c3ccccc3[N+](=O)[O-])n2)C1. The van der Waals surface area contributed by atoms with Gasteiger partial charge < -0.3 is 10.0 Å². The van der Waals surface area contributed by atoms with Crippen molar-refractivity contribution >= 4 is 17.6 Å². The van der Waals surface area contributed by atoms with Crippen molar-refractivity contribution in [3.8, 4) is 5.69 Å². The van der Waals surface area contributed by atoms with E-state index in [4.69, 9.17) is 0 Å². The molecule has 0 bridgehead atoms. The average Bonchev–Trinajstić information content (AvgIpc) is 3.22. The van der Waals surface area contributed by atoms with E-state index in [1.165, 1.54) is 34.0 Å². The van der Waals surface area contributed by atoms with E-state index in [-0.39, 0.29) is 29.5 Å². The largest absolute Gasteiger partial charge is 0.481 e. The van der Waals surface area contributed by atoms with Gasteiger partial charge in [0.1, 0.15) is 5.69 Å². The lowest BCUT2D eigenvalue weighted by Gasteiger charge is -2.19. The molecule has 1 atom stereocenters. The number of nitro benzene ring substituents is 1. The Bertz CT molecular complexity index is 862. The highest BCUT2D eigenvalue weighted by atomic mass is 16.6. The van der Waals surface area contributed by atoms with Crippen LogP contribution in [0.15, 0.2) is 36.5 Å². The fraction of sp³-hybridized carbons (Fsp3) is 0.312. The minimum Gasteiger partial charge on any atom is -0.481 e. The molecule has 1 amide bonds. The quantitative estimate of drug-likeness (QED) is 0.666. The summed E-state index contributed by atoms with van der Waals surface area (Å²) in [5.41, 5.74) is -0.712. The Morgan fingerprint density at radius 3 is 2.68 bits per heavy atom. The molecule has 2 heterocycles. The maximum Gasteiger partial charge on any atom is 0.311 e. The van der Waals surface area contributed by atoms with Crippen molar-refractivity contribution in [1.29, 1.82) is 0 Å². The Hall–Kier alpha value is -3.23. The first kappa shape index (κ1) is 16.6. The second-order valence-corrected chi connectivity index (χ2v) is 6.23. The number of aromatic nitrogens is 2. The first-order chi connectivity index (χ1) is 11.8. The normalized spacial score (nSPS) is 19.8. The van der Waals surface area contributed by atoms with Crippen molar-refractivity contribution in [1.82, 2.24) is 14.7 Å². The van der Waals surface area contributed by atoms with Crippen LogP contribution in [0.2, 0.25) is 0 Å². The molecule has 0 radical (unpaired) electrons. The van der Waals surface area contributed by atoms with E-state index in [0.717, 1.165) is 0 Å². The van der Waals surface area contributed by atoms with E-state index >= 15 is 0 Å². The molecule has 0 saturated carbocycles. The predicted octanol–water partition coefficient (Wildman–Crippen LogP) is 1.72. The first-order valence-electron chi connectivity index (χ1n) is 7.64. The van der Waals surface area contributed by atoms with Crippen molar-refractivity contribution < 1.29 is 19.6 Å². The first-order valence-corrected chi connectivity index (χ1v) is 7.64. The maximum atomic E-state index is 12.5. The van der Waals surface area contributed by atoms with Crippen molar-refractivity contribution in [2.75, 3.05) is 13.1 Å². The number of carboxylic acids is 1. The van der Waals surface area contributed by atoms with Gasteiger partial charge in [-0.15, -0.1) is 0 Å². The Kier molecular flexibility index (Phi) is 3.99. The standard InChI is InChI=1S/C16H16N4O5/c1-16(15(22)23)7-9-18(10-16)14(21)11-6-8-19(17-11)12-4-2-3-5-13(12)20(24)25/h2-6,8H,7,9-10H2,1H3,(H,22,23). The van der Waals surface area contributed by atoms with E-state index in [1.54, 1.807) is 19.1 Å². The number of amides is 1. The Morgan fingerprint density at radius 2 is 2.04 bits per heavy atom. The van der Waals surface area contributed by atoms with E-state index in [2.05, 4.69) is 5.10 Å². The van der Waals surface area contributed by atoms with Crippen molar-refractivity contribution in [2.24, 2.45) is 5.41 Å². The zero-order chi connectivity index (χ0) is 18.2. The van der Waals surface area contributed by atoms with Crippen molar-refractivity contribution in [2.45, 2.75) is 13.3 Å². The lowest BCUT2D eigenvalue weighted by atomic mass is 9.90. The molecule has 0 aliphatic carbocycles. The molecule has 1 saturated heterocycles. The van der Waals surface area contributed by atoms with Gasteiger partial charge >= 0.3 is 5.97 Å². The molecule has 1 N–H and O–H groups in total. The van der Waals surface area contributed by atoms with Gasteiger partial charge in [-0.25, -0.2) is 4.68 Å². The van der Waals surface area contributed by atoms with Gasteiger partial charge in [0.25, 0.3) is 11.6 Å². The summed E-state index contributed by atoms with van der Waals surface area (Å²) in [5, 5.41) is 24.5. The summed E-state index contributed by atoms with van der Waals surface area (Å²) >= 11 is 0. The highest BCUT2D eigenvalue weighted by Crippen LogP contribution is 2.31. The van der Waals surface area contributed by atoms with Gasteiger partial charge in [-0.1, -0.05) is 12.1 Å². The Morgan fingerprint density at radius 1 is 1.32 bits per heavy atom. The fourth-order valence-electron chi connectivity index (χ4n) is 2.86. The molecule has 25 heavy (non-hydrogen) atoms. The van der Waals surface area contributed by atoms with Crippen LogP contribution in [0.5, 0.6) is 0 Å². The van der Waals surface area contributed by atoms with E-state index < -0.39 is 16.3 Å². The van der Waals surface area contributed by atoms with E-state index in [9.17, 15) is 24.8 Å². The van der Waals surface area contributed by atoms with Crippen LogP contribution >= 0.6 is 0 Å². The van der Waals surface area contributed by atoms with E-state index in [1.807, 2.05) is 0 Å². The summed E-state index contributed by atoms with van der Waals surface area (Å²) in [6.45, 7) is 2.05. The average molecular weight is 344 g/mol. The van der Waals surface area contributed by atoms with Gasteiger partial charge in [0.05, 0.1) is 10.3 Å².